The average molecular weight is 767 g/mol. The number of allylic oxidation sites excluding steroid dienone is 1. The number of ether oxygens (including phenoxy) is 4. The van der Waals surface area contributed by atoms with Crippen molar-refractivity contribution in [1.29, 1.82) is 0 Å². The number of benzene rings is 3. The molecule has 1 fully saturated rings. The predicted molar refractivity (Wildman–Crippen MR) is 217 cm³/mol. The number of carbonyl (C=O) groups is 1. The Morgan fingerprint density at radius 3 is 2.43 bits per heavy atom. The van der Waals surface area contributed by atoms with Crippen LogP contribution in [0.15, 0.2) is 90.1 Å². The fourth-order valence-corrected chi connectivity index (χ4v) is 9.07. The molecule has 56 heavy (non-hydrogen) atoms. The van der Waals surface area contributed by atoms with Crippen molar-refractivity contribution < 1.29 is 38.8 Å². The molecule has 0 spiro atoms. The SMILES string of the molecule is C=CCOC12Oc3ccc(Oc4ccc(C)c(C)c4)cc3C3C(CCCCO)C(CCCCO)C=C(C(=NOC)CC1N(C)C(=O)Cc1cccc(OC)c1)C32. The van der Waals surface area contributed by atoms with Crippen molar-refractivity contribution in [1.82, 2.24) is 4.90 Å². The summed E-state index contributed by atoms with van der Waals surface area (Å²) in [6.07, 6.45) is 9.35. The molecule has 3 aromatic carbocycles. The lowest BCUT2D eigenvalue weighted by Crippen LogP contribution is -2.69. The van der Waals surface area contributed by atoms with Gasteiger partial charge in [-0.2, -0.15) is 0 Å². The standard InChI is InChI=1S/C46H58N2O8/c1-7-23-54-46-42(48(4)43(51)26-32-13-12-15-34(25-32)52-5)29-40(47-53-6)38-27-33(14-8-10-21-49)37(16-9-11-22-50)44(45(38)46)39-28-36(19-20-41(39)56-46)55-35-18-17-30(2)31(3)24-35/h7,12-13,15,17-20,24-25,27-28,33,37,42,44-45,49-50H,1,8-11,14,16,21-23,26,29H2,2-6H3. The molecule has 6 rings (SSSR count). The molecular weight excluding hydrogens is 709 g/mol. The molecule has 3 aliphatic rings. The highest BCUT2D eigenvalue weighted by Gasteiger charge is 2.65. The van der Waals surface area contributed by atoms with Gasteiger partial charge in [-0.15, -0.1) is 6.58 Å². The molecule has 1 heterocycles. The van der Waals surface area contributed by atoms with Crippen molar-refractivity contribution >= 4 is 11.6 Å². The zero-order valence-electron chi connectivity index (χ0n) is 33.5. The summed E-state index contributed by atoms with van der Waals surface area (Å²) in [6.45, 7) is 8.61. The molecule has 1 saturated carbocycles. The Balaban J connectivity index is 1.52. The highest BCUT2D eigenvalue weighted by molar-refractivity contribution is 6.03. The fourth-order valence-electron chi connectivity index (χ4n) is 9.07. The molecular formula is C46H58N2O8. The Morgan fingerprint density at radius 2 is 1.71 bits per heavy atom. The maximum absolute atomic E-state index is 14.4. The van der Waals surface area contributed by atoms with Crippen LogP contribution in [0.4, 0.5) is 0 Å². The number of aliphatic hydroxyl groups excluding tert-OH is 2. The molecule has 3 aromatic rings. The number of methoxy groups -OCH3 is 1. The molecule has 10 nitrogen and oxygen atoms in total. The number of rotatable bonds is 18. The van der Waals surface area contributed by atoms with Crippen LogP contribution in [0.2, 0.25) is 0 Å². The number of aryl methyl sites for hydroxylation is 2. The van der Waals surface area contributed by atoms with E-state index in [4.69, 9.17) is 23.8 Å². The number of hydrogen-bond donors (Lipinski definition) is 2. The van der Waals surface area contributed by atoms with Gasteiger partial charge in [-0.25, -0.2) is 0 Å². The highest BCUT2D eigenvalue weighted by Crippen LogP contribution is 2.62. The molecule has 0 saturated heterocycles. The van der Waals surface area contributed by atoms with E-state index in [0.29, 0.717) is 36.5 Å². The number of amides is 1. The van der Waals surface area contributed by atoms with Gasteiger partial charge in [0.05, 0.1) is 31.8 Å². The number of unbranched alkanes of at least 4 members (excludes halogenated alkanes) is 2. The third-order valence-electron chi connectivity index (χ3n) is 11.9. The van der Waals surface area contributed by atoms with Gasteiger partial charge in [-0.05, 0) is 116 Å². The maximum atomic E-state index is 14.4. The number of aliphatic hydroxyl groups is 2. The molecule has 6 atom stereocenters. The monoisotopic (exact) mass is 766 g/mol. The molecule has 1 aliphatic heterocycles. The lowest BCUT2D eigenvalue weighted by atomic mass is 9.55. The van der Waals surface area contributed by atoms with Gasteiger partial charge in [0.25, 0.3) is 0 Å². The van der Waals surface area contributed by atoms with Crippen molar-refractivity contribution in [3.63, 3.8) is 0 Å². The van der Waals surface area contributed by atoms with Crippen LogP contribution < -0.4 is 14.2 Å². The molecule has 0 bridgehead atoms. The fraction of sp³-hybridized carbons (Fsp3) is 0.478. The number of carbonyl (C=O) groups excluding carboxylic acids is 1. The highest BCUT2D eigenvalue weighted by atomic mass is 16.7. The van der Waals surface area contributed by atoms with E-state index in [2.05, 4.69) is 43.8 Å². The van der Waals surface area contributed by atoms with Crippen molar-refractivity contribution in [2.75, 3.05) is 41.1 Å². The Labute approximate surface area is 331 Å². The first-order chi connectivity index (χ1) is 27.2. The van der Waals surface area contributed by atoms with Crippen molar-refractivity contribution in [3.05, 3.63) is 107 Å². The smallest absolute Gasteiger partial charge is 0.239 e. The van der Waals surface area contributed by atoms with Gasteiger partial charge in [0, 0.05) is 38.2 Å². The molecule has 300 valence electrons. The first-order valence-corrected chi connectivity index (χ1v) is 19.9. The van der Waals surface area contributed by atoms with Gasteiger partial charge in [-0.1, -0.05) is 48.3 Å². The topological polar surface area (TPSA) is 119 Å². The minimum Gasteiger partial charge on any atom is -0.497 e. The molecule has 2 aliphatic carbocycles. The lowest BCUT2D eigenvalue weighted by Gasteiger charge is -2.59. The van der Waals surface area contributed by atoms with Crippen LogP contribution in [0, 0.1) is 31.6 Å². The van der Waals surface area contributed by atoms with Crippen LogP contribution in [-0.2, 0) is 20.8 Å². The summed E-state index contributed by atoms with van der Waals surface area (Å²) < 4.78 is 26.2. The Bertz CT molecular complexity index is 1910. The Hall–Kier alpha value is -4.64. The van der Waals surface area contributed by atoms with E-state index in [-0.39, 0.29) is 55.8 Å². The zero-order chi connectivity index (χ0) is 39.8. The van der Waals surface area contributed by atoms with Crippen LogP contribution in [0.1, 0.15) is 73.1 Å². The van der Waals surface area contributed by atoms with Crippen LogP contribution >= 0.6 is 0 Å². The Morgan fingerprint density at radius 1 is 0.964 bits per heavy atom. The molecule has 0 aromatic heterocycles. The molecule has 10 heteroatoms. The predicted octanol–water partition coefficient (Wildman–Crippen LogP) is 8.07. The van der Waals surface area contributed by atoms with E-state index in [1.165, 1.54) is 5.56 Å². The average Bonchev–Trinajstić information content (AvgIpc) is 3.20. The summed E-state index contributed by atoms with van der Waals surface area (Å²) in [5.74, 6) is 1.11. The number of hydrogen-bond acceptors (Lipinski definition) is 9. The van der Waals surface area contributed by atoms with Gasteiger partial charge in [0.2, 0.25) is 11.7 Å². The number of fused-ring (bicyclic) bond motifs is 2. The van der Waals surface area contributed by atoms with Gasteiger partial charge in [0.15, 0.2) is 0 Å². The van der Waals surface area contributed by atoms with Gasteiger partial charge < -0.3 is 38.9 Å². The maximum Gasteiger partial charge on any atom is 0.239 e. The number of oxime groups is 1. The minimum atomic E-state index is -1.31. The van der Waals surface area contributed by atoms with Crippen LogP contribution in [0.3, 0.4) is 0 Å². The van der Waals surface area contributed by atoms with Crippen LogP contribution in [-0.4, -0.2) is 79.6 Å². The number of nitrogens with zero attached hydrogens (tertiary/aromatic N) is 2. The third kappa shape index (κ3) is 8.53. The third-order valence-corrected chi connectivity index (χ3v) is 11.9. The first kappa shape index (κ1) is 41.0. The number of likely N-dealkylation sites (N-methyl/N-ethyl adjacent to an activating group) is 1. The zero-order valence-corrected chi connectivity index (χ0v) is 33.5. The first-order valence-electron chi connectivity index (χ1n) is 19.9. The van der Waals surface area contributed by atoms with Crippen LogP contribution in [0.5, 0.6) is 23.0 Å². The quantitative estimate of drug-likeness (QED) is 0.0759. The Kier molecular flexibility index (Phi) is 13.6. The van der Waals surface area contributed by atoms with E-state index in [1.54, 1.807) is 25.2 Å². The van der Waals surface area contributed by atoms with Crippen molar-refractivity contribution in [2.45, 2.75) is 83.0 Å². The van der Waals surface area contributed by atoms with E-state index in [0.717, 1.165) is 59.4 Å². The molecule has 6 unspecified atom stereocenters. The van der Waals surface area contributed by atoms with Gasteiger partial charge >= 0.3 is 0 Å². The van der Waals surface area contributed by atoms with E-state index in [9.17, 15) is 15.0 Å². The van der Waals surface area contributed by atoms with Crippen molar-refractivity contribution in [3.8, 4) is 23.0 Å². The summed E-state index contributed by atoms with van der Waals surface area (Å²) in [4.78, 5) is 21.7. The lowest BCUT2D eigenvalue weighted by molar-refractivity contribution is -0.255. The van der Waals surface area contributed by atoms with E-state index >= 15 is 0 Å². The summed E-state index contributed by atoms with van der Waals surface area (Å²) in [5.41, 5.74) is 5.92. The molecule has 1 amide bonds. The van der Waals surface area contributed by atoms with E-state index < -0.39 is 11.8 Å². The second kappa shape index (κ2) is 18.5. The normalized spacial score (nSPS) is 24.3. The molecule has 2 N–H and O–H groups in total. The minimum absolute atomic E-state index is 0.103. The van der Waals surface area contributed by atoms with E-state index in [1.807, 2.05) is 55.6 Å². The summed E-state index contributed by atoms with van der Waals surface area (Å²) in [7, 11) is 4.98. The summed E-state index contributed by atoms with van der Waals surface area (Å²) in [6, 6.07) is 19.1. The van der Waals surface area contributed by atoms with Gasteiger partial charge in [-0.3, -0.25) is 4.79 Å². The van der Waals surface area contributed by atoms with Gasteiger partial charge in [0.1, 0.15) is 36.1 Å². The summed E-state index contributed by atoms with van der Waals surface area (Å²) >= 11 is 0. The summed E-state index contributed by atoms with van der Waals surface area (Å²) in [5, 5.41) is 24.3. The second-order valence-corrected chi connectivity index (χ2v) is 15.3. The molecule has 0 radical (unpaired) electrons. The second-order valence-electron chi connectivity index (χ2n) is 15.3. The van der Waals surface area contributed by atoms with Crippen molar-refractivity contribution in [2.24, 2.45) is 22.9 Å². The van der Waals surface area contributed by atoms with Crippen LogP contribution in [0.25, 0.3) is 0 Å². The largest absolute Gasteiger partial charge is 0.497 e.